The number of rotatable bonds is 6. The lowest BCUT2D eigenvalue weighted by atomic mass is 10.2. The van der Waals surface area contributed by atoms with E-state index in [0.29, 0.717) is 30.6 Å². The Kier molecular flexibility index (Phi) is 4.49. The van der Waals surface area contributed by atoms with Crippen molar-refractivity contribution >= 4 is 17.1 Å². The Morgan fingerprint density at radius 3 is 2.77 bits per heavy atom. The second-order valence-corrected chi connectivity index (χ2v) is 5.55. The van der Waals surface area contributed by atoms with E-state index < -0.39 is 0 Å². The van der Waals surface area contributed by atoms with Crippen molar-refractivity contribution in [1.29, 1.82) is 0 Å². The summed E-state index contributed by atoms with van der Waals surface area (Å²) in [4.78, 5) is 4.48. The number of hydrogen-bond acceptors (Lipinski definition) is 6. The lowest BCUT2D eigenvalue weighted by Crippen LogP contribution is -2.07. The molecule has 0 atom stereocenters. The van der Waals surface area contributed by atoms with Gasteiger partial charge in [-0.2, -0.15) is 4.98 Å². The Morgan fingerprint density at radius 1 is 1.32 bits per heavy atom. The van der Waals surface area contributed by atoms with Gasteiger partial charge in [0.25, 0.3) is 6.01 Å². The first-order valence-electron chi connectivity index (χ1n) is 7.75. The van der Waals surface area contributed by atoms with Gasteiger partial charge in [-0.25, -0.2) is 0 Å². The zero-order chi connectivity index (χ0) is 15.5. The van der Waals surface area contributed by atoms with Gasteiger partial charge in [0.15, 0.2) is 17.6 Å². The van der Waals surface area contributed by atoms with E-state index in [1.807, 2.05) is 26.0 Å². The minimum absolute atomic E-state index is 0.0426. The number of aromatic nitrogens is 1. The number of hydrogen-bond donors (Lipinski definition) is 1. The van der Waals surface area contributed by atoms with E-state index in [0.717, 1.165) is 24.0 Å². The lowest BCUT2D eigenvalue weighted by molar-refractivity contribution is -0.0441. The highest BCUT2D eigenvalue weighted by atomic mass is 16.7. The summed E-state index contributed by atoms with van der Waals surface area (Å²) in [5.41, 5.74) is 2.29. The van der Waals surface area contributed by atoms with Crippen LogP contribution in [0.3, 0.4) is 0 Å². The van der Waals surface area contributed by atoms with Gasteiger partial charge in [0.1, 0.15) is 5.52 Å². The topological polar surface area (TPSA) is 65.8 Å². The van der Waals surface area contributed by atoms with Crippen LogP contribution in [-0.2, 0) is 9.47 Å². The normalized spacial score (nSPS) is 15.8. The van der Waals surface area contributed by atoms with E-state index in [1.165, 1.54) is 0 Å². The van der Waals surface area contributed by atoms with E-state index >= 15 is 0 Å². The van der Waals surface area contributed by atoms with Crippen LogP contribution in [0, 0.1) is 0 Å². The number of nitrogens with one attached hydrogen (secondary N) is 1. The molecule has 0 radical (unpaired) electrons. The molecule has 0 bridgehead atoms. The third kappa shape index (κ3) is 3.18. The van der Waals surface area contributed by atoms with Crippen LogP contribution in [0.4, 0.5) is 6.01 Å². The second kappa shape index (κ2) is 6.54. The molecule has 1 N–H and O–H groups in total. The first-order chi connectivity index (χ1) is 10.7. The molecule has 1 saturated heterocycles. The van der Waals surface area contributed by atoms with Crippen molar-refractivity contribution in [3.8, 4) is 5.75 Å². The van der Waals surface area contributed by atoms with Crippen molar-refractivity contribution in [2.24, 2.45) is 0 Å². The van der Waals surface area contributed by atoms with Gasteiger partial charge in [0, 0.05) is 12.1 Å². The SMILES string of the molecule is CCCNc1nc2cc(C3OCCO3)cc(OC(C)C)c2o1. The molecular formula is C16H22N2O4. The summed E-state index contributed by atoms with van der Waals surface area (Å²) >= 11 is 0. The minimum atomic E-state index is -0.359. The number of benzene rings is 1. The number of nitrogens with zero attached hydrogens (tertiary/aromatic N) is 1. The summed E-state index contributed by atoms with van der Waals surface area (Å²) in [6, 6.07) is 4.35. The van der Waals surface area contributed by atoms with Crippen LogP contribution < -0.4 is 10.1 Å². The molecule has 0 saturated carbocycles. The summed E-state index contributed by atoms with van der Waals surface area (Å²) in [6.45, 7) is 8.07. The summed E-state index contributed by atoms with van der Waals surface area (Å²) in [5.74, 6) is 0.665. The van der Waals surface area contributed by atoms with Crippen molar-refractivity contribution in [2.75, 3.05) is 25.1 Å². The van der Waals surface area contributed by atoms with E-state index in [9.17, 15) is 0 Å². The molecule has 1 aromatic carbocycles. The predicted molar refractivity (Wildman–Crippen MR) is 83.2 cm³/mol. The molecule has 0 unspecified atom stereocenters. The maximum absolute atomic E-state index is 5.87. The highest BCUT2D eigenvalue weighted by Gasteiger charge is 2.22. The standard InChI is InChI=1S/C16H22N2O4/c1-4-5-17-16-18-12-8-11(15-19-6-7-20-15)9-13(14(12)22-16)21-10(2)3/h8-10,15H,4-7H2,1-3H3,(H,17,18). The first kappa shape index (κ1) is 15.1. The van der Waals surface area contributed by atoms with Gasteiger partial charge in [-0.1, -0.05) is 6.92 Å². The Hall–Kier alpha value is -1.79. The number of ether oxygens (including phenoxy) is 3. The Bertz CT molecular complexity index is 632. The van der Waals surface area contributed by atoms with Crippen LogP contribution in [0.25, 0.3) is 11.1 Å². The highest BCUT2D eigenvalue weighted by molar-refractivity contribution is 5.82. The predicted octanol–water partition coefficient (Wildman–Crippen LogP) is 3.48. The Morgan fingerprint density at radius 2 is 2.09 bits per heavy atom. The minimum Gasteiger partial charge on any atom is -0.487 e. The van der Waals surface area contributed by atoms with Gasteiger partial charge in [0.2, 0.25) is 0 Å². The quantitative estimate of drug-likeness (QED) is 0.881. The summed E-state index contributed by atoms with van der Waals surface area (Å²) in [6.07, 6.45) is 0.687. The van der Waals surface area contributed by atoms with Crippen LogP contribution in [-0.4, -0.2) is 30.8 Å². The van der Waals surface area contributed by atoms with Crippen molar-refractivity contribution < 1.29 is 18.6 Å². The van der Waals surface area contributed by atoms with Gasteiger partial charge in [-0.15, -0.1) is 0 Å². The summed E-state index contributed by atoms with van der Waals surface area (Å²) in [7, 11) is 0. The van der Waals surface area contributed by atoms with Crippen LogP contribution in [0.2, 0.25) is 0 Å². The van der Waals surface area contributed by atoms with Crippen molar-refractivity contribution in [3.63, 3.8) is 0 Å². The van der Waals surface area contributed by atoms with Gasteiger partial charge in [-0.05, 0) is 32.4 Å². The molecule has 120 valence electrons. The number of fused-ring (bicyclic) bond motifs is 1. The molecule has 1 aliphatic heterocycles. The van der Waals surface area contributed by atoms with Crippen molar-refractivity contribution in [1.82, 2.24) is 4.98 Å². The van der Waals surface area contributed by atoms with Gasteiger partial charge >= 0.3 is 0 Å². The molecule has 22 heavy (non-hydrogen) atoms. The lowest BCUT2D eigenvalue weighted by Gasteiger charge is -2.13. The molecule has 1 aromatic heterocycles. The molecule has 1 fully saturated rings. The molecular weight excluding hydrogens is 284 g/mol. The fourth-order valence-electron chi connectivity index (χ4n) is 2.36. The fourth-order valence-corrected chi connectivity index (χ4v) is 2.36. The maximum Gasteiger partial charge on any atom is 0.295 e. The van der Waals surface area contributed by atoms with Crippen LogP contribution >= 0.6 is 0 Å². The summed E-state index contributed by atoms with van der Waals surface area (Å²) in [5, 5.41) is 3.16. The molecule has 6 nitrogen and oxygen atoms in total. The summed E-state index contributed by atoms with van der Waals surface area (Å²) < 4.78 is 22.8. The fraction of sp³-hybridized carbons (Fsp3) is 0.562. The van der Waals surface area contributed by atoms with Crippen LogP contribution in [0.15, 0.2) is 16.5 Å². The van der Waals surface area contributed by atoms with Crippen LogP contribution in [0.1, 0.15) is 39.0 Å². The monoisotopic (exact) mass is 306 g/mol. The van der Waals surface area contributed by atoms with Gasteiger partial charge in [-0.3, -0.25) is 0 Å². The molecule has 6 heteroatoms. The van der Waals surface area contributed by atoms with E-state index in [2.05, 4.69) is 17.2 Å². The molecule has 0 aliphatic carbocycles. The van der Waals surface area contributed by atoms with Gasteiger partial charge < -0.3 is 23.9 Å². The molecule has 0 amide bonds. The smallest absolute Gasteiger partial charge is 0.295 e. The highest BCUT2D eigenvalue weighted by Crippen LogP contribution is 2.35. The molecule has 3 rings (SSSR count). The van der Waals surface area contributed by atoms with E-state index in [4.69, 9.17) is 18.6 Å². The Balaban J connectivity index is 1.99. The Labute approximate surface area is 129 Å². The average molecular weight is 306 g/mol. The van der Waals surface area contributed by atoms with Crippen molar-refractivity contribution in [2.45, 2.75) is 39.6 Å². The van der Waals surface area contributed by atoms with Gasteiger partial charge in [0.05, 0.1) is 19.3 Å². The molecule has 2 heterocycles. The maximum atomic E-state index is 5.87. The van der Waals surface area contributed by atoms with Crippen LogP contribution in [0.5, 0.6) is 5.75 Å². The van der Waals surface area contributed by atoms with Crippen molar-refractivity contribution in [3.05, 3.63) is 17.7 Å². The first-order valence-corrected chi connectivity index (χ1v) is 7.75. The molecule has 0 spiro atoms. The molecule has 1 aliphatic rings. The zero-order valence-electron chi connectivity index (χ0n) is 13.2. The third-order valence-electron chi connectivity index (χ3n) is 3.26. The third-order valence-corrected chi connectivity index (χ3v) is 3.26. The zero-order valence-corrected chi connectivity index (χ0v) is 13.2. The second-order valence-electron chi connectivity index (χ2n) is 5.55. The average Bonchev–Trinajstić information content (AvgIpc) is 3.13. The largest absolute Gasteiger partial charge is 0.487 e. The number of oxazole rings is 1. The van der Waals surface area contributed by atoms with E-state index in [-0.39, 0.29) is 12.4 Å². The van der Waals surface area contributed by atoms with E-state index in [1.54, 1.807) is 0 Å². The molecule has 2 aromatic rings. The number of anilines is 1.